The van der Waals surface area contributed by atoms with Crippen LogP contribution in [0.25, 0.3) is 0 Å². The molecule has 1 aromatic rings. The molecule has 1 atom stereocenters. The van der Waals surface area contributed by atoms with E-state index in [4.69, 9.17) is 4.74 Å². The van der Waals surface area contributed by atoms with Crippen LogP contribution in [0.2, 0.25) is 0 Å². The molecule has 7 nitrogen and oxygen atoms in total. The molecule has 27 heavy (non-hydrogen) atoms. The summed E-state index contributed by atoms with van der Waals surface area (Å²) in [5.74, 6) is 0.0570. The van der Waals surface area contributed by atoms with E-state index >= 15 is 0 Å². The van der Waals surface area contributed by atoms with Crippen molar-refractivity contribution in [3.63, 3.8) is 0 Å². The Bertz CT molecular complexity index is 726. The van der Waals surface area contributed by atoms with Crippen molar-refractivity contribution < 1.29 is 14.3 Å². The van der Waals surface area contributed by atoms with Gasteiger partial charge >= 0.3 is 0 Å². The summed E-state index contributed by atoms with van der Waals surface area (Å²) in [6.45, 7) is 4.08. The minimum Gasteiger partial charge on any atom is -0.368 e. The van der Waals surface area contributed by atoms with Crippen molar-refractivity contribution in [3.05, 3.63) is 29.6 Å². The Morgan fingerprint density at radius 3 is 2.63 bits per heavy atom. The number of hydrogen-bond donors (Lipinski definition) is 1. The van der Waals surface area contributed by atoms with E-state index in [2.05, 4.69) is 15.2 Å². The zero-order valence-corrected chi connectivity index (χ0v) is 16.1. The smallest absolute Gasteiger partial charge is 0.255 e. The average Bonchev–Trinajstić information content (AvgIpc) is 3.11. The summed E-state index contributed by atoms with van der Waals surface area (Å²) in [5.41, 5.74) is 1.23. The quantitative estimate of drug-likeness (QED) is 0.856. The number of rotatable bonds is 3. The molecule has 2 saturated heterocycles. The van der Waals surface area contributed by atoms with Gasteiger partial charge in [-0.3, -0.25) is 19.5 Å². The molecule has 1 aliphatic carbocycles. The highest BCUT2D eigenvalue weighted by atomic mass is 16.5. The van der Waals surface area contributed by atoms with Gasteiger partial charge in [0.05, 0.1) is 25.3 Å². The van der Waals surface area contributed by atoms with E-state index in [-0.39, 0.29) is 23.5 Å². The number of aryl methyl sites for hydroxylation is 1. The van der Waals surface area contributed by atoms with Gasteiger partial charge in [0.1, 0.15) is 11.6 Å². The van der Waals surface area contributed by atoms with E-state index in [1.165, 1.54) is 12.8 Å². The molecule has 1 saturated carbocycles. The molecule has 0 aromatic carbocycles. The first kappa shape index (κ1) is 18.4. The average molecular weight is 372 g/mol. The molecule has 4 rings (SSSR count). The van der Waals surface area contributed by atoms with Crippen LogP contribution in [-0.4, -0.2) is 77.6 Å². The number of aromatic nitrogens is 1. The monoisotopic (exact) mass is 372 g/mol. The van der Waals surface area contributed by atoms with Crippen LogP contribution in [0.15, 0.2) is 18.5 Å². The predicted molar refractivity (Wildman–Crippen MR) is 100 cm³/mol. The number of ether oxygens (including phenoxy) is 1. The lowest BCUT2D eigenvalue weighted by Gasteiger charge is -2.54. The summed E-state index contributed by atoms with van der Waals surface area (Å²) in [6.07, 6.45) is 7.91. The first-order valence-electron chi connectivity index (χ1n) is 9.81. The molecule has 0 bridgehead atoms. The molecule has 1 spiro atoms. The number of hydrogen-bond acceptors (Lipinski definition) is 5. The van der Waals surface area contributed by atoms with Crippen LogP contribution in [0.4, 0.5) is 0 Å². The number of likely N-dealkylation sites (N-methyl/N-ethyl adjacent to an activating group) is 1. The third kappa shape index (κ3) is 3.71. The fraction of sp³-hybridized carbons (Fsp3) is 0.650. The van der Waals surface area contributed by atoms with E-state index in [0.717, 1.165) is 18.4 Å². The van der Waals surface area contributed by atoms with E-state index < -0.39 is 0 Å². The Morgan fingerprint density at radius 2 is 1.96 bits per heavy atom. The molecule has 7 heteroatoms. The van der Waals surface area contributed by atoms with Gasteiger partial charge in [-0.1, -0.05) is 12.8 Å². The first-order chi connectivity index (χ1) is 13.0. The second kappa shape index (κ2) is 7.20. The number of nitrogens with zero attached hydrogens (tertiary/aromatic N) is 3. The van der Waals surface area contributed by atoms with Gasteiger partial charge in [-0.2, -0.15) is 0 Å². The maximum Gasteiger partial charge on any atom is 0.255 e. The fourth-order valence-corrected chi connectivity index (χ4v) is 4.48. The molecule has 2 amide bonds. The highest BCUT2D eigenvalue weighted by Crippen LogP contribution is 2.32. The first-order valence-corrected chi connectivity index (χ1v) is 9.81. The number of nitrogens with one attached hydrogen (secondary N) is 1. The van der Waals surface area contributed by atoms with E-state index in [1.807, 2.05) is 20.0 Å². The second-order valence-electron chi connectivity index (χ2n) is 8.33. The van der Waals surface area contributed by atoms with Crippen LogP contribution < -0.4 is 5.32 Å². The minimum absolute atomic E-state index is 0.0100. The molecule has 3 aliphatic rings. The minimum atomic E-state index is -0.355. The number of amides is 2. The molecule has 0 radical (unpaired) electrons. The summed E-state index contributed by atoms with van der Waals surface area (Å²) < 4.78 is 6.10. The zero-order chi connectivity index (χ0) is 19.0. The Hall–Kier alpha value is -1.99. The normalized spacial score (nSPS) is 25.4. The molecular weight excluding hydrogens is 344 g/mol. The van der Waals surface area contributed by atoms with Crippen LogP contribution in [0.3, 0.4) is 0 Å². The van der Waals surface area contributed by atoms with Gasteiger partial charge in [0.25, 0.3) is 5.91 Å². The van der Waals surface area contributed by atoms with Gasteiger partial charge in [0.2, 0.25) is 5.91 Å². The lowest BCUT2D eigenvalue weighted by molar-refractivity contribution is -0.187. The van der Waals surface area contributed by atoms with Gasteiger partial charge in [0.15, 0.2) is 0 Å². The number of morpholine rings is 1. The topological polar surface area (TPSA) is 74.8 Å². The van der Waals surface area contributed by atoms with Crippen molar-refractivity contribution >= 4 is 11.8 Å². The molecule has 1 N–H and O–H groups in total. The number of carbonyl (C=O) groups excluding carboxylic acids is 2. The van der Waals surface area contributed by atoms with Crippen molar-refractivity contribution in [3.8, 4) is 0 Å². The maximum atomic E-state index is 12.6. The second-order valence-corrected chi connectivity index (χ2v) is 8.33. The van der Waals surface area contributed by atoms with Gasteiger partial charge in [-0.05, 0) is 38.4 Å². The largest absolute Gasteiger partial charge is 0.368 e. The van der Waals surface area contributed by atoms with Crippen LogP contribution in [0, 0.1) is 6.92 Å². The number of likely N-dealkylation sites (tertiary alicyclic amines) is 1. The number of pyridine rings is 1. The Balaban J connectivity index is 1.31. The van der Waals surface area contributed by atoms with Crippen LogP contribution >= 0.6 is 0 Å². The third-order valence-corrected chi connectivity index (χ3v) is 5.99. The van der Waals surface area contributed by atoms with Crippen molar-refractivity contribution in [1.29, 1.82) is 0 Å². The predicted octanol–water partition coefficient (Wildman–Crippen LogP) is 0.974. The van der Waals surface area contributed by atoms with Crippen molar-refractivity contribution in [1.82, 2.24) is 20.1 Å². The molecular formula is C20H28N4O3. The standard InChI is InChI=1S/C20H28N4O3/c1-14-7-15(9-21-8-14)19(26)24-12-20(13-24)11-23(2)17(10-27-20)18(25)22-16-5-3-4-6-16/h7-9,16-17H,3-6,10-13H2,1-2H3,(H,22,25)/t17-/m1/s1. The molecule has 2 aliphatic heterocycles. The molecule has 3 heterocycles. The Morgan fingerprint density at radius 1 is 1.22 bits per heavy atom. The zero-order valence-electron chi connectivity index (χ0n) is 16.1. The lowest BCUT2D eigenvalue weighted by Crippen LogP contribution is -2.73. The number of carbonyl (C=O) groups is 2. The highest BCUT2D eigenvalue weighted by molar-refractivity contribution is 5.94. The molecule has 0 unspecified atom stereocenters. The van der Waals surface area contributed by atoms with Crippen molar-refractivity contribution in [2.45, 2.75) is 50.3 Å². The summed E-state index contributed by atoms with van der Waals surface area (Å²) in [7, 11) is 1.97. The lowest BCUT2D eigenvalue weighted by atomic mass is 9.90. The fourth-order valence-electron chi connectivity index (χ4n) is 4.48. The van der Waals surface area contributed by atoms with E-state index in [9.17, 15) is 9.59 Å². The third-order valence-electron chi connectivity index (χ3n) is 5.99. The summed E-state index contributed by atoms with van der Waals surface area (Å²) in [4.78, 5) is 33.1. The Kier molecular flexibility index (Phi) is 4.90. The van der Waals surface area contributed by atoms with Gasteiger partial charge < -0.3 is 15.0 Å². The highest BCUT2D eigenvalue weighted by Gasteiger charge is 2.51. The molecule has 1 aromatic heterocycles. The molecule has 3 fully saturated rings. The van der Waals surface area contributed by atoms with E-state index in [0.29, 0.717) is 37.8 Å². The van der Waals surface area contributed by atoms with Gasteiger partial charge in [0, 0.05) is 25.0 Å². The Labute approximate surface area is 160 Å². The van der Waals surface area contributed by atoms with Crippen LogP contribution in [0.5, 0.6) is 0 Å². The van der Waals surface area contributed by atoms with Crippen LogP contribution in [0.1, 0.15) is 41.6 Å². The van der Waals surface area contributed by atoms with Gasteiger partial charge in [-0.15, -0.1) is 0 Å². The summed E-state index contributed by atoms with van der Waals surface area (Å²) in [6, 6.07) is 1.93. The SMILES string of the molecule is Cc1cncc(C(=O)N2CC3(C2)CN(C)[C@@H](C(=O)NC2CCCC2)CO3)c1. The summed E-state index contributed by atoms with van der Waals surface area (Å²) in [5, 5.41) is 3.16. The van der Waals surface area contributed by atoms with Crippen molar-refractivity contribution in [2.75, 3.05) is 33.3 Å². The van der Waals surface area contributed by atoms with Gasteiger partial charge in [-0.25, -0.2) is 0 Å². The molecule has 146 valence electrons. The van der Waals surface area contributed by atoms with Crippen LogP contribution in [-0.2, 0) is 9.53 Å². The summed E-state index contributed by atoms with van der Waals surface area (Å²) >= 11 is 0. The van der Waals surface area contributed by atoms with E-state index in [1.54, 1.807) is 17.3 Å². The van der Waals surface area contributed by atoms with Crippen molar-refractivity contribution in [2.24, 2.45) is 0 Å². The maximum absolute atomic E-state index is 12.6.